The number of nitrogens with one attached hydrogen (secondary N) is 1. The van der Waals surface area contributed by atoms with Crippen LogP contribution in [0.15, 0.2) is 0 Å². The molecule has 0 heterocycles. The first-order valence-corrected chi connectivity index (χ1v) is 7.40. The van der Waals surface area contributed by atoms with E-state index in [-0.39, 0.29) is 0 Å². The topological polar surface area (TPSA) is 12.0 Å². The van der Waals surface area contributed by atoms with E-state index in [2.05, 4.69) is 25.4 Å². The maximum absolute atomic E-state index is 3.76. The van der Waals surface area contributed by atoms with Crippen molar-refractivity contribution in [1.29, 1.82) is 0 Å². The van der Waals surface area contributed by atoms with Crippen molar-refractivity contribution in [1.82, 2.24) is 5.32 Å². The van der Waals surface area contributed by atoms with Crippen molar-refractivity contribution in [3.8, 4) is 0 Å². The van der Waals surface area contributed by atoms with Gasteiger partial charge in [0.15, 0.2) is 0 Å². The first-order valence-electron chi connectivity index (χ1n) is 6.01. The highest BCUT2D eigenvalue weighted by atomic mass is 32.2. The van der Waals surface area contributed by atoms with E-state index >= 15 is 0 Å². The summed E-state index contributed by atoms with van der Waals surface area (Å²) in [6.45, 7) is 4.64. The fourth-order valence-corrected chi connectivity index (χ4v) is 3.11. The van der Waals surface area contributed by atoms with Crippen LogP contribution in [0.5, 0.6) is 0 Å². The summed E-state index contributed by atoms with van der Waals surface area (Å²) in [4.78, 5) is 0. The minimum Gasteiger partial charge on any atom is -0.311 e. The number of hydrogen-bond acceptors (Lipinski definition) is 2. The number of thioether (sulfide) groups is 1. The highest BCUT2D eigenvalue weighted by Crippen LogP contribution is 2.26. The van der Waals surface area contributed by atoms with Crippen LogP contribution in [0.2, 0.25) is 0 Å². The monoisotopic (exact) mass is 215 g/mol. The van der Waals surface area contributed by atoms with Crippen LogP contribution >= 0.6 is 11.8 Å². The molecule has 0 amide bonds. The largest absolute Gasteiger partial charge is 0.311 e. The maximum atomic E-state index is 3.76. The third-order valence-corrected chi connectivity index (χ3v) is 4.13. The summed E-state index contributed by atoms with van der Waals surface area (Å²) in [5, 5.41) is 3.76. The predicted octanol–water partition coefficient (Wildman–Crippen LogP) is 3.30. The average Bonchev–Trinajstić information content (AvgIpc) is 2.18. The van der Waals surface area contributed by atoms with Crippen molar-refractivity contribution in [3.05, 3.63) is 0 Å². The zero-order valence-electron chi connectivity index (χ0n) is 9.88. The van der Waals surface area contributed by atoms with Gasteiger partial charge >= 0.3 is 0 Å². The summed E-state index contributed by atoms with van der Waals surface area (Å²) in [6, 6.07) is 1.49. The van der Waals surface area contributed by atoms with Gasteiger partial charge in [0.25, 0.3) is 0 Å². The lowest BCUT2D eigenvalue weighted by Crippen LogP contribution is -2.40. The molecular formula is C12H25NS. The molecule has 1 aliphatic rings. The summed E-state index contributed by atoms with van der Waals surface area (Å²) < 4.78 is 0. The zero-order chi connectivity index (χ0) is 10.4. The summed E-state index contributed by atoms with van der Waals surface area (Å²) in [5.41, 5.74) is 0. The van der Waals surface area contributed by atoms with E-state index in [1.165, 1.54) is 37.9 Å². The lowest BCUT2D eigenvalue weighted by molar-refractivity contribution is 0.269. The van der Waals surface area contributed by atoms with E-state index in [9.17, 15) is 0 Å². The Labute approximate surface area is 93.4 Å². The highest BCUT2D eigenvalue weighted by molar-refractivity contribution is 7.98. The van der Waals surface area contributed by atoms with Crippen molar-refractivity contribution in [2.45, 2.75) is 58.0 Å². The first-order chi connectivity index (χ1) is 6.76. The van der Waals surface area contributed by atoms with Crippen molar-refractivity contribution in [3.63, 3.8) is 0 Å². The van der Waals surface area contributed by atoms with Gasteiger partial charge in [-0.15, -0.1) is 0 Å². The molecule has 1 fully saturated rings. The summed E-state index contributed by atoms with van der Waals surface area (Å²) >= 11 is 1.94. The van der Waals surface area contributed by atoms with Gasteiger partial charge in [-0.3, -0.25) is 0 Å². The Hall–Kier alpha value is 0.310. The van der Waals surface area contributed by atoms with Gasteiger partial charge in [0.2, 0.25) is 0 Å². The molecule has 0 spiro atoms. The standard InChI is InChI=1S/C12H25NS/c1-4-11-6-5-7-12(8-11)13-10(2)9-14-3/h10-13H,4-9H2,1-3H3. The molecule has 1 aliphatic carbocycles. The molecule has 0 saturated heterocycles. The fraction of sp³-hybridized carbons (Fsp3) is 1.00. The Balaban J connectivity index is 2.22. The summed E-state index contributed by atoms with van der Waals surface area (Å²) in [5.74, 6) is 2.23. The van der Waals surface area contributed by atoms with Gasteiger partial charge in [-0.1, -0.05) is 26.2 Å². The molecule has 14 heavy (non-hydrogen) atoms. The molecule has 84 valence electrons. The van der Waals surface area contributed by atoms with E-state index < -0.39 is 0 Å². The molecule has 3 atom stereocenters. The van der Waals surface area contributed by atoms with Crippen LogP contribution in [0.4, 0.5) is 0 Å². The minimum atomic E-state index is 0.686. The second-order valence-corrected chi connectivity index (χ2v) is 5.57. The quantitative estimate of drug-likeness (QED) is 0.755. The van der Waals surface area contributed by atoms with Crippen LogP contribution in [-0.2, 0) is 0 Å². The fourth-order valence-electron chi connectivity index (χ4n) is 2.51. The summed E-state index contributed by atoms with van der Waals surface area (Å²) in [7, 11) is 0. The Morgan fingerprint density at radius 1 is 1.43 bits per heavy atom. The summed E-state index contributed by atoms with van der Waals surface area (Å²) in [6.07, 6.45) is 9.27. The maximum Gasteiger partial charge on any atom is 0.0132 e. The Morgan fingerprint density at radius 2 is 2.21 bits per heavy atom. The molecule has 1 N–H and O–H groups in total. The highest BCUT2D eigenvalue weighted by Gasteiger charge is 2.21. The van der Waals surface area contributed by atoms with Gasteiger partial charge in [0, 0.05) is 17.8 Å². The molecule has 0 bridgehead atoms. The van der Waals surface area contributed by atoms with Gasteiger partial charge in [-0.25, -0.2) is 0 Å². The Bertz CT molecular complexity index is 149. The SMILES string of the molecule is CCC1CCCC(NC(C)CSC)C1. The molecule has 1 rings (SSSR count). The van der Waals surface area contributed by atoms with E-state index in [1.807, 2.05) is 11.8 Å². The minimum absolute atomic E-state index is 0.686. The second-order valence-electron chi connectivity index (χ2n) is 4.66. The van der Waals surface area contributed by atoms with E-state index in [0.717, 1.165) is 12.0 Å². The van der Waals surface area contributed by atoms with Gasteiger partial charge in [0.1, 0.15) is 0 Å². The van der Waals surface area contributed by atoms with Gasteiger partial charge < -0.3 is 5.32 Å². The van der Waals surface area contributed by atoms with Gasteiger partial charge in [-0.2, -0.15) is 11.8 Å². The van der Waals surface area contributed by atoms with Crippen LogP contribution < -0.4 is 5.32 Å². The van der Waals surface area contributed by atoms with Crippen molar-refractivity contribution >= 4 is 11.8 Å². The van der Waals surface area contributed by atoms with Crippen LogP contribution in [0.3, 0.4) is 0 Å². The molecule has 1 nitrogen and oxygen atoms in total. The molecule has 2 heteroatoms. The van der Waals surface area contributed by atoms with E-state index in [1.54, 1.807) is 0 Å². The van der Waals surface area contributed by atoms with Crippen LogP contribution in [0, 0.1) is 5.92 Å². The number of hydrogen-bond donors (Lipinski definition) is 1. The third-order valence-electron chi connectivity index (χ3n) is 3.30. The molecule has 0 radical (unpaired) electrons. The molecule has 0 aromatic heterocycles. The Kier molecular flexibility index (Phi) is 5.95. The molecule has 3 unspecified atom stereocenters. The van der Waals surface area contributed by atoms with Crippen LogP contribution in [-0.4, -0.2) is 24.1 Å². The third kappa shape index (κ3) is 4.22. The smallest absolute Gasteiger partial charge is 0.0132 e. The lowest BCUT2D eigenvalue weighted by Gasteiger charge is -2.31. The zero-order valence-corrected chi connectivity index (χ0v) is 10.7. The van der Waals surface area contributed by atoms with E-state index in [0.29, 0.717) is 6.04 Å². The van der Waals surface area contributed by atoms with Crippen LogP contribution in [0.1, 0.15) is 46.0 Å². The molecule has 0 aliphatic heterocycles. The van der Waals surface area contributed by atoms with Gasteiger partial charge in [-0.05, 0) is 31.9 Å². The van der Waals surface area contributed by atoms with Crippen molar-refractivity contribution in [2.75, 3.05) is 12.0 Å². The van der Waals surface area contributed by atoms with Crippen molar-refractivity contribution < 1.29 is 0 Å². The molecular weight excluding hydrogens is 190 g/mol. The van der Waals surface area contributed by atoms with E-state index in [4.69, 9.17) is 0 Å². The lowest BCUT2D eigenvalue weighted by atomic mass is 9.84. The molecule has 0 aromatic carbocycles. The Morgan fingerprint density at radius 3 is 2.86 bits per heavy atom. The normalized spacial score (nSPS) is 30.2. The number of rotatable bonds is 5. The molecule has 0 aromatic rings. The van der Waals surface area contributed by atoms with Crippen molar-refractivity contribution in [2.24, 2.45) is 5.92 Å². The average molecular weight is 215 g/mol. The molecule has 1 saturated carbocycles. The first kappa shape index (κ1) is 12.4. The second kappa shape index (κ2) is 6.73. The van der Waals surface area contributed by atoms with Gasteiger partial charge in [0.05, 0.1) is 0 Å². The predicted molar refractivity (Wildman–Crippen MR) is 67.0 cm³/mol. The van der Waals surface area contributed by atoms with Crippen LogP contribution in [0.25, 0.3) is 0 Å².